The number of ether oxygens (including phenoxy) is 1. The first-order valence-corrected chi connectivity index (χ1v) is 7.22. The van der Waals surface area contributed by atoms with Crippen molar-refractivity contribution in [3.05, 3.63) is 0 Å². The first-order chi connectivity index (χ1) is 9.29. The molecular formula is C9H14N4O6S. The van der Waals surface area contributed by atoms with Crippen LogP contribution in [0.25, 0.3) is 0 Å². The van der Waals surface area contributed by atoms with Gasteiger partial charge >= 0.3 is 22.3 Å². The van der Waals surface area contributed by atoms with E-state index in [0.29, 0.717) is 0 Å². The lowest BCUT2D eigenvalue weighted by Crippen LogP contribution is -2.57. The van der Waals surface area contributed by atoms with Gasteiger partial charge in [-0.3, -0.25) is 10.1 Å². The fourth-order valence-corrected chi connectivity index (χ4v) is 3.29. The van der Waals surface area contributed by atoms with Crippen LogP contribution in [0, 0.1) is 0 Å². The predicted molar refractivity (Wildman–Crippen MR) is 64.7 cm³/mol. The van der Waals surface area contributed by atoms with Crippen molar-refractivity contribution in [1.82, 2.24) is 19.7 Å². The second-order valence-electron chi connectivity index (χ2n) is 4.49. The van der Waals surface area contributed by atoms with E-state index in [9.17, 15) is 22.8 Å². The molecule has 0 aromatic heterocycles. The van der Waals surface area contributed by atoms with Crippen molar-refractivity contribution in [2.45, 2.75) is 18.4 Å². The number of nitrogens with zero attached hydrogens (tertiary/aromatic N) is 1. The summed E-state index contributed by atoms with van der Waals surface area (Å²) < 4.78 is 30.6. The summed E-state index contributed by atoms with van der Waals surface area (Å²) in [6.07, 6.45) is -0.823. The van der Waals surface area contributed by atoms with Crippen molar-refractivity contribution in [2.24, 2.45) is 0 Å². The van der Waals surface area contributed by atoms with E-state index in [1.807, 2.05) is 0 Å². The summed E-state index contributed by atoms with van der Waals surface area (Å²) in [7, 11) is -2.96. The minimum atomic E-state index is -4.01. The van der Waals surface area contributed by atoms with Crippen LogP contribution >= 0.6 is 0 Å². The van der Waals surface area contributed by atoms with Gasteiger partial charge in [-0.05, 0) is 12.8 Å². The average Bonchev–Trinajstić information content (AvgIpc) is 2.64. The molecule has 0 aliphatic carbocycles. The first-order valence-electron chi connectivity index (χ1n) is 5.78. The van der Waals surface area contributed by atoms with Crippen molar-refractivity contribution >= 4 is 28.2 Å². The monoisotopic (exact) mass is 306 g/mol. The van der Waals surface area contributed by atoms with Crippen LogP contribution in [0.3, 0.4) is 0 Å². The van der Waals surface area contributed by atoms with Gasteiger partial charge in [-0.2, -0.15) is 12.7 Å². The molecule has 2 rings (SSSR count). The molecule has 0 aromatic rings. The van der Waals surface area contributed by atoms with E-state index in [-0.39, 0.29) is 25.9 Å². The Labute approximate surface area is 115 Å². The zero-order chi connectivity index (χ0) is 15.0. The fourth-order valence-electron chi connectivity index (χ4n) is 2.20. The van der Waals surface area contributed by atoms with Gasteiger partial charge in [0.15, 0.2) is 0 Å². The fraction of sp³-hybridized carbons (Fsp3) is 0.667. The number of carbonyl (C=O) groups excluding carboxylic acids is 3. The molecule has 0 radical (unpaired) electrons. The highest BCUT2D eigenvalue weighted by Crippen LogP contribution is 2.26. The summed E-state index contributed by atoms with van der Waals surface area (Å²) in [5.41, 5.74) is -1.06. The lowest BCUT2D eigenvalue weighted by atomic mass is 9.89. The Morgan fingerprint density at radius 2 is 1.95 bits per heavy atom. The smallest absolute Gasteiger partial charge is 0.421 e. The molecule has 2 aliphatic heterocycles. The van der Waals surface area contributed by atoms with Gasteiger partial charge in [0.05, 0.1) is 7.11 Å². The maximum absolute atomic E-state index is 11.8. The Hall–Kier alpha value is -1.88. The second-order valence-corrected chi connectivity index (χ2v) is 6.16. The number of methoxy groups -OCH3 is 1. The van der Waals surface area contributed by atoms with Crippen LogP contribution in [0.15, 0.2) is 0 Å². The number of urea groups is 1. The number of hydrogen-bond donors (Lipinski definition) is 3. The average molecular weight is 306 g/mol. The Morgan fingerprint density at radius 1 is 1.35 bits per heavy atom. The molecule has 2 aliphatic rings. The maximum Gasteiger partial charge on any atom is 0.421 e. The van der Waals surface area contributed by atoms with Gasteiger partial charge in [0.1, 0.15) is 5.54 Å². The quantitative estimate of drug-likeness (QED) is 0.519. The summed E-state index contributed by atoms with van der Waals surface area (Å²) in [4.78, 5) is 33.8. The third-order valence-corrected chi connectivity index (χ3v) is 4.80. The predicted octanol–water partition coefficient (Wildman–Crippen LogP) is -1.74. The van der Waals surface area contributed by atoms with Crippen LogP contribution in [-0.4, -0.2) is 56.5 Å². The van der Waals surface area contributed by atoms with Gasteiger partial charge in [-0.1, -0.05) is 0 Å². The molecule has 3 N–H and O–H groups in total. The van der Waals surface area contributed by atoms with Gasteiger partial charge in [0.25, 0.3) is 5.91 Å². The Morgan fingerprint density at radius 3 is 2.40 bits per heavy atom. The van der Waals surface area contributed by atoms with Crippen LogP contribution in [-0.2, 0) is 19.7 Å². The van der Waals surface area contributed by atoms with Gasteiger partial charge in [-0.25, -0.2) is 14.3 Å². The zero-order valence-corrected chi connectivity index (χ0v) is 11.4. The maximum atomic E-state index is 11.8. The van der Waals surface area contributed by atoms with E-state index < -0.39 is 33.8 Å². The standard InChI is InChI=1S/C9H14N4O6S/c1-19-8(16)12-20(17,18)13-4-2-9(3-5-13)6(14)10-7(15)11-9/h2-5H2,1H3,(H,12,16)(H2,10,11,14,15). The molecule has 10 nitrogen and oxygen atoms in total. The van der Waals surface area contributed by atoms with E-state index >= 15 is 0 Å². The molecule has 0 aromatic carbocycles. The summed E-state index contributed by atoms with van der Waals surface area (Å²) in [5, 5.41) is 4.64. The molecule has 1 spiro atoms. The summed E-state index contributed by atoms with van der Waals surface area (Å²) >= 11 is 0. The highest BCUT2D eigenvalue weighted by Gasteiger charge is 2.49. The van der Waals surface area contributed by atoms with Crippen molar-refractivity contribution in [2.75, 3.05) is 20.2 Å². The third kappa shape index (κ3) is 2.54. The summed E-state index contributed by atoms with van der Waals surface area (Å²) in [5.74, 6) is -0.458. The van der Waals surface area contributed by atoms with E-state index in [0.717, 1.165) is 11.4 Å². The molecule has 20 heavy (non-hydrogen) atoms. The van der Waals surface area contributed by atoms with E-state index in [2.05, 4.69) is 15.4 Å². The van der Waals surface area contributed by atoms with Crippen molar-refractivity contribution in [3.8, 4) is 0 Å². The number of imide groups is 1. The Balaban J connectivity index is 2.03. The molecule has 0 atom stereocenters. The zero-order valence-electron chi connectivity index (χ0n) is 10.6. The van der Waals surface area contributed by atoms with Crippen molar-refractivity contribution in [3.63, 3.8) is 0 Å². The van der Waals surface area contributed by atoms with Crippen LogP contribution in [0.5, 0.6) is 0 Å². The number of rotatable bonds is 2. The van der Waals surface area contributed by atoms with Gasteiger partial charge in [0, 0.05) is 13.1 Å². The van der Waals surface area contributed by atoms with Crippen LogP contribution < -0.4 is 15.4 Å². The van der Waals surface area contributed by atoms with Crippen LogP contribution in [0.2, 0.25) is 0 Å². The largest absolute Gasteiger partial charge is 0.452 e. The van der Waals surface area contributed by atoms with E-state index in [1.165, 1.54) is 0 Å². The molecule has 2 fully saturated rings. The minimum Gasteiger partial charge on any atom is -0.452 e. The van der Waals surface area contributed by atoms with Gasteiger partial charge in [0.2, 0.25) is 0 Å². The molecule has 0 saturated carbocycles. The summed E-state index contributed by atoms with van der Waals surface area (Å²) in [6, 6.07) is -0.584. The SMILES string of the molecule is COC(=O)NS(=O)(=O)N1CCC2(CC1)NC(=O)NC2=O. The van der Waals surface area contributed by atoms with Crippen LogP contribution in [0.4, 0.5) is 9.59 Å². The van der Waals surface area contributed by atoms with Crippen molar-refractivity contribution < 1.29 is 27.5 Å². The second kappa shape index (κ2) is 4.90. The highest BCUT2D eigenvalue weighted by atomic mass is 32.2. The van der Waals surface area contributed by atoms with Crippen molar-refractivity contribution in [1.29, 1.82) is 0 Å². The topological polar surface area (TPSA) is 134 Å². The number of amides is 4. The molecular weight excluding hydrogens is 292 g/mol. The number of piperidine rings is 1. The van der Waals surface area contributed by atoms with Crippen LogP contribution in [0.1, 0.15) is 12.8 Å². The molecule has 2 saturated heterocycles. The molecule has 0 unspecified atom stereocenters. The molecule has 11 heteroatoms. The number of carbonyl (C=O) groups is 3. The molecule has 4 amide bonds. The lowest BCUT2D eigenvalue weighted by Gasteiger charge is -2.35. The Bertz CT molecular complexity index is 551. The number of nitrogens with one attached hydrogen (secondary N) is 3. The first kappa shape index (κ1) is 14.5. The lowest BCUT2D eigenvalue weighted by molar-refractivity contribution is -0.125. The Kier molecular flexibility index (Phi) is 3.56. The minimum absolute atomic E-state index is 0.0000274. The normalized spacial score (nSPS) is 22.2. The van der Waals surface area contributed by atoms with Gasteiger partial charge < -0.3 is 10.1 Å². The van der Waals surface area contributed by atoms with E-state index in [1.54, 1.807) is 4.72 Å². The van der Waals surface area contributed by atoms with Gasteiger partial charge in [-0.15, -0.1) is 0 Å². The molecule has 112 valence electrons. The highest BCUT2D eigenvalue weighted by molar-refractivity contribution is 7.87. The summed E-state index contributed by atoms with van der Waals surface area (Å²) in [6.45, 7) is 0.0000548. The molecule has 0 bridgehead atoms. The molecule has 2 heterocycles. The number of hydrogen-bond acceptors (Lipinski definition) is 6. The third-order valence-electron chi connectivity index (χ3n) is 3.33. The van der Waals surface area contributed by atoms with E-state index in [4.69, 9.17) is 0 Å².